The minimum atomic E-state index is -4.60. The number of alkyl halides is 3. The van der Waals surface area contributed by atoms with E-state index in [1.54, 1.807) is 0 Å². The van der Waals surface area contributed by atoms with Crippen LogP contribution in [0, 0.1) is 5.82 Å². The molecule has 2 N–H and O–H groups in total. The molecule has 1 aromatic rings. The number of hydrogen-bond donors (Lipinski definition) is 2. The van der Waals surface area contributed by atoms with Gasteiger partial charge in [0.2, 0.25) is 0 Å². The summed E-state index contributed by atoms with van der Waals surface area (Å²) >= 11 is 0. The zero-order valence-electron chi connectivity index (χ0n) is 8.15. The summed E-state index contributed by atoms with van der Waals surface area (Å²) in [5, 5.41) is 4.19. The summed E-state index contributed by atoms with van der Waals surface area (Å²) < 4.78 is 49.6. The zero-order chi connectivity index (χ0) is 12.3. The summed E-state index contributed by atoms with van der Waals surface area (Å²) in [7, 11) is 1.30. The highest BCUT2D eigenvalue weighted by atomic mass is 19.4. The summed E-state index contributed by atoms with van der Waals surface area (Å²) in [4.78, 5) is 10.8. The summed E-state index contributed by atoms with van der Waals surface area (Å²) in [6.45, 7) is 0. The van der Waals surface area contributed by atoms with Gasteiger partial charge in [-0.1, -0.05) is 0 Å². The van der Waals surface area contributed by atoms with Crippen molar-refractivity contribution in [1.82, 2.24) is 5.32 Å². The smallest absolute Gasteiger partial charge is 0.341 e. The van der Waals surface area contributed by atoms with E-state index in [0.29, 0.717) is 12.1 Å². The lowest BCUT2D eigenvalue weighted by Gasteiger charge is -2.09. The van der Waals surface area contributed by atoms with Crippen molar-refractivity contribution in [3.63, 3.8) is 0 Å². The van der Waals surface area contributed by atoms with Crippen LogP contribution >= 0.6 is 0 Å². The maximum atomic E-state index is 13.1. The highest BCUT2D eigenvalue weighted by Gasteiger charge is 2.31. The third-order valence-electron chi connectivity index (χ3n) is 1.77. The van der Waals surface area contributed by atoms with Crippen LogP contribution in [0.15, 0.2) is 18.2 Å². The first-order valence-electron chi connectivity index (χ1n) is 4.20. The summed E-state index contributed by atoms with van der Waals surface area (Å²) in [6.07, 6.45) is -4.60. The van der Waals surface area contributed by atoms with Crippen LogP contribution < -0.4 is 10.6 Å². The van der Waals surface area contributed by atoms with Crippen LogP contribution in [0.2, 0.25) is 0 Å². The molecule has 1 rings (SSSR count). The Bertz CT molecular complexity index is 403. The Morgan fingerprint density at radius 3 is 2.38 bits per heavy atom. The second-order valence-electron chi connectivity index (χ2n) is 2.90. The Morgan fingerprint density at radius 1 is 1.31 bits per heavy atom. The van der Waals surface area contributed by atoms with Crippen molar-refractivity contribution in [3.05, 3.63) is 29.6 Å². The Balaban J connectivity index is 2.96. The summed E-state index contributed by atoms with van der Waals surface area (Å²) in [6, 6.07) is 1.16. The van der Waals surface area contributed by atoms with Crippen molar-refractivity contribution in [1.29, 1.82) is 0 Å². The third-order valence-corrected chi connectivity index (χ3v) is 1.77. The van der Waals surface area contributed by atoms with Crippen molar-refractivity contribution in [2.75, 3.05) is 12.4 Å². The second-order valence-corrected chi connectivity index (χ2v) is 2.90. The predicted molar refractivity (Wildman–Crippen MR) is 49.5 cm³/mol. The Morgan fingerprint density at radius 2 is 1.94 bits per heavy atom. The minimum Gasteiger partial charge on any atom is -0.341 e. The van der Waals surface area contributed by atoms with E-state index in [4.69, 9.17) is 0 Å². The largest absolute Gasteiger partial charge is 0.416 e. The van der Waals surface area contributed by atoms with Gasteiger partial charge < -0.3 is 10.6 Å². The number of urea groups is 1. The fourth-order valence-corrected chi connectivity index (χ4v) is 0.978. The van der Waals surface area contributed by atoms with Gasteiger partial charge in [-0.2, -0.15) is 13.2 Å². The van der Waals surface area contributed by atoms with E-state index in [0.717, 1.165) is 6.07 Å². The number of carbonyl (C=O) groups excluding carboxylic acids is 1. The molecule has 0 fully saturated rings. The van der Waals surface area contributed by atoms with E-state index in [-0.39, 0.29) is 5.69 Å². The predicted octanol–water partition coefficient (Wildman–Crippen LogP) is 2.60. The van der Waals surface area contributed by atoms with Crippen LogP contribution in [-0.4, -0.2) is 13.1 Å². The topological polar surface area (TPSA) is 41.1 Å². The average Bonchev–Trinajstić information content (AvgIpc) is 2.19. The molecule has 16 heavy (non-hydrogen) atoms. The van der Waals surface area contributed by atoms with Gasteiger partial charge in [0.1, 0.15) is 5.82 Å². The maximum absolute atomic E-state index is 13.1. The molecular weight excluding hydrogens is 228 g/mol. The van der Waals surface area contributed by atoms with Gasteiger partial charge in [0.25, 0.3) is 0 Å². The molecule has 1 aromatic carbocycles. The second kappa shape index (κ2) is 4.38. The van der Waals surface area contributed by atoms with Crippen molar-refractivity contribution in [2.45, 2.75) is 6.18 Å². The molecular formula is C9H8F4N2O. The maximum Gasteiger partial charge on any atom is 0.416 e. The number of hydrogen-bond acceptors (Lipinski definition) is 1. The number of nitrogens with one attached hydrogen (secondary N) is 2. The van der Waals surface area contributed by atoms with Gasteiger partial charge in [0.15, 0.2) is 0 Å². The van der Waals surface area contributed by atoms with Gasteiger partial charge in [-0.05, 0) is 18.2 Å². The molecule has 0 aliphatic heterocycles. The molecule has 0 heterocycles. The Hall–Kier alpha value is -1.79. The lowest BCUT2D eigenvalue weighted by molar-refractivity contribution is -0.137. The lowest BCUT2D eigenvalue weighted by atomic mass is 10.2. The molecule has 0 bridgehead atoms. The molecule has 0 radical (unpaired) electrons. The lowest BCUT2D eigenvalue weighted by Crippen LogP contribution is -2.25. The molecule has 2 amide bonds. The summed E-state index contributed by atoms with van der Waals surface area (Å²) in [5.41, 5.74) is -1.42. The number of carbonyl (C=O) groups is 1. The molecule has 3 nitrogen and oxygen atoms in total. The molecule has 0 spiro atoms. The van der Waals surface area contributed by atoms with Crippen LogP contribution in [0.1, 0.15) is 5.56 Å². The quantitative estimate of drug-likeness (QED) is 0.723. The minimum absolute atomic E-state index is 0.313. The SMILES string of the molecule is CNC(=O)Nc1ccc(C(F)(F)F)cc1F. The van der Waals surface area contributed by atoms with Gasteiger partial charge in [0, 0.05) is 7.05 Å². The van der Waals surface area contributed by atoms with E-state index in [1.165, 1.54) is 7.05 Å². The van der Waals surface area contributed by atoms with Crippen molar-refractivity contribution >= 4 is 11.7 Å². The standard InChI is InChI=1S/C9H8F4N2O/c1-14-8(16)15-7-3-2-5(4-6(7)10)9(11,12)13/h2-4H,1H3,(H2,14,15,16). The van der Waals surface area contributed by atoms with Crippen molar-refractivity contribution in [3.8, 4) is 0 Å². The van der Waals surface area contributed by atoms with E-state index in [1.807, 2.05) is 5.32 Å². The van der Waals surface area contributed by atoms with Crippen molar-refractivity contribution in [2.24, 2.45) is 0 Å². The monoisotopic (exact) mass is 236 g/mol. The van der Waals surface area contributed by atoms with Gasteiger partial charge in [-0.3, -0.25) is 0 Å². The van der Waals surface area contributed by atoms with Gasteiger partial charge in [-0.25, -0.2) is 9.18 Å². The molecule has 0 aliphatic rings. The first-order chi connectivity index (χ1) is 7.34. The number of benzene rings is 1. The van der Waals surface area contributed by atoms with Crippen LogP contribution in [0.3, 0.4) is 0 Å². The van der Waals surface area contributed by atoms with Gasteiger partial charge in [0.05, 0.1) is 11.3 Å². The normalized spacial score (nSPS) is 11.1. The van der Waals surface area contributed by atoms with E-state index in [9.17, 15) is 22.4 Å². The highest BCUT2D eigenvalue weighted by molar-refractivity contribution is 5.89. The van der Waals surface area contributed by atoms with Crippen LogP contribution in [0.4, 0.5) is 28.0 Å². The molecule has 88 valence electrons. The Kier molecular flexibility index (Phi) is 3.36. The number of rotatable bonds is 1. The average molecular weight is 236 g/mol. The number of halogens is 4. The molecule has 0 saturated carbocycles. The van der Waals surface area contributed by atoms with Crippen molar-refractivity contribution < 1.29 is 22.4 Å². The molecule has 7 heteroatoms. The van der Waals surface area contributed by atoms with Gasteiger partial charge >= 0.3 is 12.2 Å². The van der Waals surface area contributed by atoms with Gasteiger partial charge in [-0.15, -0.1) is 0 Å². The molecule has 0 aromatic heterocycles. The first kappa shape index (κ1) is 12.3. The third kappa shape index (κ3) is 2.85. The summed E-state index contributed by atoms with van der Waals surface area (Å²) in [5.74, 6) is -1.14. The fourth-order valence-electron chi connectivity index (χ4n) is 0.978. The van der Waals surface area contributed by atoms with Crippen LogP contribution in [-0.2, 0) is 6.18 Å². The van der Waals surface area contributed by atoms with Crippen LogP contribution in [0.25, 0.3) is 0 Å². The molecule has 0 saturated heterocycles. The molecule has 0 aliphatic carbocycles. The highest BCUT2D eigenvalue weighted by Crippen LogP contribution is 2.31. The Labute approximate surface area is 88.4 Å². The van der Waals surface area contributed by atoms with E-state index < -0.39 is 23.6 Å². The number of amides is 2. The zero-order valence-corrected chi connectivity index (χ0v) is 8.15. The molecule has 0 unspecified atom stereocenters. The van der Waals surface area contributed by atoms with E-state index >= 15 is 0 Å². The fraction of sp³-hybridized carbons (Fsp3) is 0.222. The van der Waals surface area contributed by atoms with Crippen LogP contribution in [0.5, 0.6) is 0 Å². The number of anilines is 1. The van der Waals surface area contributed by atoms with E-state index in [2.05, 4.69) is 5.32 Å². The first-order valence-corrected chi connectivity index (χ1v) is 4.20. The molecule has 0 atom stereocenters.